The largest absolute Gasteiger partial charge is 0.506 e. The Morgan fingerprint density at radius 2 is 2.46 bits per heavy atom. The van der Waals surface area contributed by atoms with Crippen LogP contribution >= 0.6 is 11.8 Å². The molecule has 0 aromatic carbocycles. The summed E-state index contributed by atoms with van der Waals surface area (Å²) in [5, 5.41) is 8.35. The van der Waals surface area contributed by atoms with Gasteiger partial charge in [-0.1, -0.05) is 6.08 Å². The minimum absolute atomic E-state index is 0.277. The first-order valence-electron chi connectivity index (χ1n) is 3.77. The molecular formula is C8H14O4S. The van der Waals surface area contributed by atoms with Crippen molar-refractivity contribution in [1.29, 1.82) is 0 Å². The van der Waals surface area contributed by atoms with E-state index in [-0.39, 0.29) is 6.61 Å². The smallest absolute Gasteiger partial charge is 0.450 e. The summed E-state index contributed by atoms with van der Waals surface area (Å²) in [5.74, 6) is 0.538. The third kappa shape index (κ3) is 7.67. The molecule has 0 saturated heterocycles. The van der Waals surface area contributed by atoms with Crippen LogP contribution in [0.3, 0.4) is 0 Å². The maximum absolute atomic E-state index is 10.2. The van der Waals surface area contributed by atoms with Gasteiger partial charge in [0.1, 0.15) is 6.10 Å². The maximum Gasteiger partial charge on any atom is 0.506 e. The molecule has 0 aliphatic carbocycles. The Kier molecular flexibility index (Phi) is 7.53. The van der Waals surface area contributed by atoms with Crippen LogP contribution < -0.4 is 0 Å². The summed E-state index contributed by atoms with van der Waals surface area (Å²) >= 11 is 1.53. The summed E-state index contributed by atoms with van der Waals surface area (Å²) in [6.45, 7) is 3.78. The van der Waals surface area contributed by atoms with E-state index in [2.05, 4.69) is 11.3 Å². The average Bonchev–Trinajstić information content (AvgIpc) is 2.04. The van der Waals surface area contributed by atoms with Crippen LogP contribution in [-0.2, 0) is 9.47 Å². The number of rotatable bonds is 7. The molecule has 0 saturated carbocycles. The average molecular weight is 206 g/mol. The van der Waals surface area contributed by atoms with Crippen molar-refractivity contribution in [2.24, 2.45) is 0 Å². The summed E-state index contributed by atoms with van der Waals surface area (Å²) in [6.07, 6.45) is 2.26. The molecule has 0 amide bonds. The zero-order valence-corrected chi connectivity index (χ0v) is 8.38. The van der Waals surface area contributed by atoms with E-state index in [1.165, 1.54) is 11.8 Å². The third-order valence-corrected chi connectivity index (χ3v) is 1.60. The molecule has 1 unspecified atom stereocenters. The Hall–Kier alpha value is -0.680. The fraction of sp³-hybridized carbons (Fsp3) is 0.625. The lowest BCUT2D eigenvalue weighted by atomic mass is 10.3. The Balaban J connectivity index is 3.65. The number of hydrogen-bond donors (Lipinski definition) is 1. The van der Waals surface area contributed by atoms with Crippen LogP contribution in [0, 0.1) is 0 Å². The van der Waals surface area contributed by atoms with Gasteiger partial charge in [0.25, 0.3) is 0 Å². The van der Waals surface area contributed by atoms with Gasteiger partial charge in [0.15, 0.2) is 0 Å². The predicted octanol–water partition coefficient (Wildman–Crippen LogP) is 1.96. The van der Waals surface area contributed by atoms with Crippen LogP contribution in [0.1, 0.15) is 6.42 Å². The number of carbonyl (C=O) groups is 1. The van der Waals surface area contributed by atoms with E-state index >= 15 is 0 Å². The SMILES string of the molecule is C=CCC(COCSC)OC(=O)O. The molecule has 4 nitrogen and oxygen atoms in total. The van der Waals surface area contributed by atoms with Crippen molar-refractivity contribution in [2.45, 2.75) is 12.5 Å². The highest BCUT2D eigenvalue weighted by atomic mass is 32.2. The topological polar surface area (TPSA) is 55.8 Å². The van der Waals surface area contributed by atoms with Gasteiger partial charge in [0, 0.05) is 6.42 Å². The summed E-state index contributed by atoms with van der Waals surface area (Å²) in [7, 11) is 0. The Bertz CT molecular complexity index is 160. The molecule has 0 aromatic rings. The quantitative estimate of drug-likeness (QED) is 0.299. The lowest BCUT2D eigenvalue weighted by molar-refractivity contribution is 0.0104. The summed E-state index contributed by atoms with van der Waals surface area (Å²) < 4.78 is 9.67. The molecule has 13 heavy (non-hydrogen) atoms. The summed E-state index contributed by atoms with van der Waals surface area (Å²) in [6, 6.07) is 0. The highest BCUT2D eigenvalue weighted by Gasteiger charge is 2.11. The first kappa shape index (κ1) is 12.3. The van der Waals surface area contributed by atoms with Crippen LogP contribution in [-0.4, -0.2) is 36.2 Å². The molecule has 0 aromatic heterocycles. The third-order valence-electron chi connectivity index (χ3n) is 1.20. The number of ether oxygens (including phenoxy) is 2. The van der Waals surface area contributed by atoms with E-state index in [1.54, 1.807) is 6.08 Å². The Morgan fingerprint density at radius 1 is 1.77 bits per heavy atom. The van der Waals surface area contributed by atoms with Gasteiger partial charge in [-0.15, -0.1) is 18.3 Å². The van der Waals surface area contributed by atoms with Gasteiger partial charge in [-0.2, -0.15) is 0 Å². The van der Waals surface area contributed by atoms with Crippen molar-refractivity contribution in [2.75, 3.05) is 18.8 Å². The van der Waals surface area contributed by atoms with Gasteiger partial charge in [-0.05, 0) is 6.26 Å². The number of thioether (sulfide) groups is 1. The lowest BCUT2D eigenvalue weighted by Crippen LogP contribution is -2.22. The van der Waals surface area contributed by atoms with Crippen molar-refractivity contribution in [3.63, 3.8) is 0 Å². The highest BCUT2D eigenvalue weighted by molar-refractivity contribution is 7.98. The number of carboxylic acid groups (broad SMARTS) is 1. The molecule has 0 aliphatic heterocycles. The lowest BCUT2D eigenvalue weighted by Gasteiger charge is -2.13. The molecule has 0 aliphatic rings. The van der Waals surface area contributed by atoms with Gasteiger partial charge in [-0.25, -0.2) is 4.79 Å². The Morgan fingerprint density at radius 3 is 2.92 bits per heavy atom. The van der Waals surface area contributed by atoms with Gasteiger partial charge >= 0.3 is 6.16 Å². The Labute approximate surface area is 81.9 Å². The van der Waals surface area contributed by atoms with E-state index in [9.17, 15) is 4.79 Å². The molecule has 1 N–H and O–H groups in total. The predicted molar refractivity (Wildman–Crippen MR) is 52.0 cm³/mol. The molecular weight excluding hydrogens is 192 g/mol. The summed E-state index contributed by atoms with van der Waals surface area (Å²) in [5.41, 5.74) is 0. The zero-order valence-electron chi connectivity index (χ0n) is 7.56. The van der Waals surface area contributed by atoms with Crippen molar-refractivity contribution < 1.29 is 19.4 Å². The first-order chi connectivity index (χ1) is 6.20. The first-order valence-corrected chi connectivity index (χ1v) is 5.17. The van der Waals surface area contributed by atoms with E-state index in [0.29, 0.717) is 12.4 Å². The van der Waals surface area contributed by atoms with Gasteiger partial charge in [0.05, 0.1) is 12.5 Å². The molecule has 0 fully saturated rings. The normalized spacial score (nSPS) is 12.1. The van der Waals surface area contributed by atoms with Crippen molar-refractivity contribution in [1.82, 2.24) is 0 Å². The van der Waals surface area contributed by atoms with Gasteiger partial charge in [0.2, 0.25) is 0 Å². The van der Waals surface area contributed by atoms with Crippen LogP contribution in [0.5, 0.6) is 0 Å². The summed E-state index contributed by atoms with van der Waals surface area (Å²) in [4.78, 5) is 10.2. The van der Waals surface area contributed by atoms with E-state index in [1.807, 2.05) is 6.26 Å². The molecule has 5 heteroatoms. The van der Waals surface area contributed by atoms with Crippen molar-refractivity contribution in [3.05, 3.63) is 12.7 Å². The molecule has 76 valence electrons. The second-order valence-electron chi connectivity index (χ2n) is 2.31. The highest BCUT2D eigenvalue weighted by Crippen LogP contribution is 2.02. The van der Waals surface area contributed by atoms with Crippen LogP contribution in [0.2, 0.25) is 0 Å². The molecule has 0 bridgehead atoms. The van der Waals surface area contributed by atoms with Crippen LogP contribution in [0.15, 0.2) is 12.7 Å². The second-order valence-corrected chi connectivity index (χ2v) is 3.12. The minimum Gasteiger partial charge on any atom is -0.450 e. The molecule has 0 rings (SSSR count). The van der Waals surface area contributed by atoms with Crippen molar-refractivity contribution >= 4 is 17.9 Å². The second kappa shape index (κ2) is 7.94. The standard InChI is InChI=1S/C8H14O4S/c1-3-4-7(12-8(9)10)5-11-6-13-2/h3,7H,1,4-6H2,2H3,(H,9,10). The molecule has 0 heterocycles. The zero-order chi connectivity index (χ0) is 10.1. The molecule has 0 spiro atoms. The molecule has 1 atom stereocenters. The number of hydrogen-bond acceptors (Lipinski definition) is 4. The molecule has 0 radical (unpaired) electrons. The minimum atomic E-state index is -1.28. The maximum atomic E-state index is 10.2. The van der Waals surface area contributed by atoms with E-state index in [0.717, 1.165) is 0 Å². The van der Waals surface area contributed by atoms with E-state index in [4.69, 9.17) is 9.84 Å². The van der Waals surface area contributed by atoms with E-state index < -0.39 is 12.3 Å². The monoisotopic (exact) mass is 206 g/mol. The fourth-order valence-electron chi connectivity index (χ4n) is 0.742. The van der Waals surface area contributed by atoms with Crippen molar-refractivity contribution in [3.8, 4) is 0 Å². The fourth-order valence-corrected chi connectivity index (χ4v) is 1.00. The van der Waals surface area contributed by atoms with Gasteiger partial charge in [-0.3, -0.25) is 0 Å². The van der Waals surface area contributed by atoms with Gasteiger partial charge < -0.3 is 14.6 Å². The van der Waals surface area contributed by atoms with Crippen LogP contribution in [0.4, 0.5) is 4.79 Å². The van der Waals surface area contributed by atoms with Crippen LogP contribution in [0.25, 0.3) is 0 Å².